The zero-order valence-corrected chi connectivity index (χ0v) is 19.7. The lowest BCUT2D eigenvalue weighted by Crippen LogP contribution is -2.51. The first-order chi connectivity index (χ1) is 16.1. The molecule has 0 radical (unpaired) electrons. The van der Waals surface area contributed by atoms with E-state index in [1.54, 1.807) is 12.1 Å². The highest BCUT2D eigenvalue weighted by Gasteiger charge is 2.25. The number of benzene rings is 2. The number of nitrogens with zero attached hydrogens (tertiary/aromatic N) is 1. The van der Waals surface area contributed by atoms with Crippen molar-refractivity contribution in [3.63, 3.8) is 0 Å². The number of nitrogens with one attached hydrogen (secondary N) is 3. The molecule has 2 aromatic rings. The number of hydrogen-bond acceptors (Lipinski definition) is 8. The summed E-state index contributed by atoms with van der Waals surface area (Å²) < 4.78 is 5.17. The quantitative estimate of drug-likeness (QED) is 0.179. The normalized spacial score (nSPS) is 12.5. The summed E-state index contributed by atoms with van der Waals surface area (Å²) in [5.74, 6) is -1.87. The minimum absolute atomic E-state index is 0.0241. The molecule has 11 nitrogen and oxygen atoms in total. The van der Waals surface area contributed by atoms with Crippen LogP contribution >= 0.6 is 11.6 Å². The predicted octanol–water partition coefficient (Wildman–Crippen LogP) is 1.66. The Bertz CT molecular complexity index is 1060. The monoisotopic (exact) mass is 494 g/mol. The fraction of sp³-hybridized carbons (Fsp3) is 0.364. The maximum absolute atomic E-state index is 12.6. The van der Waals surface area contributed by atoms with Crippen LogP contribution in [0.3, 0.4) is 0 Å². The molecule has 0 saturated heterocycles. The minimum atomic E-state index is -0.847. The van der Waals surface area contributed by atoms with E-state index in [-0.39, 0.29) is 17.9 Å². The van der Waals surface area contributed by atoms with Crippen molar-refractivity contribution in [3.05, 3.63) is 56.6 Å². The second-order valence-electron chi connectivity index (χ2n) is 7.53. The van der Waals surface area contributed by atoms with Gasteiger partial charge < -0.3 is 30.9 Å². The second kappa shape index (κ2) is 12.1. The molecule has 0 aliphatic rings. The van der Waals surface area contributed by atoms with Crippen molar-refractivity contribution in [2.24, 2.45) is 0 Å². The number of carbonyl (C=O) groups excluding carboxylic acids is 2. The number of ether oxygens (including phenoxy) is 1. The summed E-state index contributed by atoms with van der Waals surface area (Å²) in [7, 11) is 3.03. The molecule has 2 amide bonds. The van der Waals surface area contributed by atoms with Gasteiger partial charge in [0.15, 0.2) is 5.75 Å². The van der Waals surface area contributed by atoms with Gasteiger partial charge in [-0.3, -0.25) is 19.7 Å². The van der Waals surface area contributed by atoms with E-state index < -0.39 is 40.1 Å². The fourth-order valence-corrected chi connectivity index (χ4v) is 3.40. The largest absolute Gasteiger partial charge is 0.504 e. The zero-order chi connectivity index (χ0) is 25.4. The number of methoxy groups -OCH3 is 1. The summed E-state index contributed by atoms with van der Waals surface area (Å²) in [5.41, 5.74) is 0.503. The Morgan fingerprint density at radius 3 is 2.50 bits per heavy atom. The summed E-state index contributed by atoms with van der Waals surface area (Å²) in [6, 6.07) is 5.84. The van der Waals surface area contributed by atoms with Gasteiger partial charge in [0, 0.05) is 12.6 Å². The molecule has 2 atom stereocenters. The molecule has 0 bridgehead atoms. The van der Waals surface area contributed by atoms with Gasteiger partial charge in [-0.05, 0) is 56.1 Å². The number of nitro groups is 1. The van der Waals surface area contributed by atoms with Crippen molar-refractivity contribution < 1.29 is 29.5 Å². The number of aromatic hydroxyl groups is 2. The lowest BCUT2D eigenvalue weighted by Gasteiger charge is -2.20. The van der Waals surface area contributed by atoms with E-state index in [4.69, 9.17) is 16.3 Å². The van der Waals surface area contributed by atoms with Crippen LogP contribution < -0.4 is 20.7 Å². The summed E-state index contributed by atoms with van der Waals surface area (Å²) in [6.07, 6.45) is 0.506. The fourth-order valence-electron chi connectivity index (χ4n) is 3.20. The van der Waals surface area contributed by atoms with E-state index in [1.165, 1.54) is 21.1 Å². The number of amides is 2. The Labute approximate surface area is 201 Å². The highest BCUT2D eigenvalue weighted by Crippen LogP contribution is 2.36. The van der Waals surface area contributed by atoms with Gasteiger partial charge in [-0.25, -0.2) is 0 Å². The number of rotatable bonds is 11. The maximum atomic E-state index is 12.6. The van der Waals surface area contributed by atoms with E-state index in [9.17, 15) is 29.9 Å². The SMILES string of the molecule is CNC(Cc1cc(O)c(O)c([N+](=O)[O-])c1)C(=O)N[C@@H](C)C(=O)NCCc1ccc(Cl)c(OC)c1. The molecule has 2 aromatic carbocycles. The van der Waals surface area contributed by atoms with Crippen molar-refractivity contribution in [2.75, 3.05) is 20.7 Å². The molecule has 1 unspecified atom stereocenters. The smallest absolute Gasteiger partial charge is 0.314 e. The van der Waals surface area contributed by atoms with Crippen molar-refractivity contribution in [1.29, 1.82) is 0 Å². The molecule has 5 N–H and O–H groups in total. The van der Waals surface area contributed by atoms with Gasteiger partial charge in [-0.2, -0.15) is 0 Å². The van der Waals surface area contributed by atoms with E-state index in [0.717, 1.165) is 17.7 Å². The lowest BCUT2D eigenvalue weighted by atomic mass is 10.0. The Balaban J connectivity index is 1.92. The number of nitro benzene ring substituents is 1. The van der Waals surface area contributed by atoms with Crippen molar-refractivity contribution in [2.45, 2.75) is 31.8 Å². The van der Waals surface area contributed by atoms with Gasteiger partial charge in [0.25, 0.3) is 0 Å². The van der Waals surface area contributed by atoms with Crippen LogP contribution in [0.15, 0.2) is 30.3 Å². The number of halogens is 1. The Morgan fingerprint density at radius 2 is 1.88 bits per heavy atom. The molecule has 0 fully saturated rings. The summed E-state index contributed by atoms with van der Waals surface area (Å²) in [5, 5.41) is 39.0. The first kappa shape index (κ1) is 26.7. The average Bonchev–Trinajstić information content (AvgIpc) is 2.80. The van der Waals surface area contributed by atoms with Crippen molar-refractivity contribution >= 4 is 29.1 Å². The van der Waals surface area contributed by atoms with E-state index in [1.807, 2.05) is 6.07 Å². The Kier molecular flexibility index (Phi) is 9.46. The highest BCUT2D eigenvalue weighted by molar-refractivity contribution is 6.32. The lowest BCUT2D eigenvalue weighted by molar-refractivity contribution is -0.386. The Morgan fingerprint density at radius 1 is 1.18 bits per heavy atom. The molecule has 184 valence electrons. The standard InChI is InChI=1S/C22H27ClN4O7/c1-12(21(30)25-7-6-13-4-5-15(23)19(11-13)34-3)26-22(31)16(24-2)8-14-9-17(27(32)33)20(29)18(28)10-14/h4-5,9-12,16,24,28-29H,6-8H2,1-3H3,(H,25,30)(H,26,31)/t12-,16?/m0/s1. The number of phenols is 2. The van der Waals surface area contributed by atoms with Gasteiger partial charge in [-0.15, -0.1) is 0 Å². The number of likely N-dealkylation sites (N-methyl/N-ethyl adjacent to an activating group) is 1. The molecule has 0 aliphatic carbocycles. The molecule has 0 saturated carbocycles. The molecule has 0 heterocycles. The average molecular weight is 495 g/mol. The predicted molar refractivity (Wildman–Crippen MR) is 125 cm³/mol. The van der Waals surface area contributed by atoms with Gasteiger partial charge >= 0.3 is 5.69 Å². The van der Waals surface area contributed by atoms with Gasteiger partial charge in [0.1, 0.15) is 11.8 Å². The topological polar surface area (TPSA) is 163 Å². The van der Waals surface area contributed by atoms with Crippen LogP contribution in [0.2, 0.25) is 5.02 Å². The zero-order valence-electron chi connectivity index (χ0n) is 18.9. The molecular formula is C22H27ClN4O7. The summed E-state index contributed by atoms with van der Waals surface area (Å²) in [4.78, 5) is 35.2. The second-order valence-corrected chi connectivity index (χ2v) is 7.93. The third kappa shape index (κ3) is 6.96. The molecule has 0 aromatic heterocycles. The van der Waals surface area contributed by atoms with Crippen molar-refractivity contribution in [1.82, 2.24) is 16.0 Å². The first-order valence-corrected chi connectivity index (χ1v) is 10.7. The molecule has 0 aliphatic heterocycles. The van der Waals surface area contributed by atoms with Crippen LogP contribution in [-0.4, -0.2) is 59.7 Å². The van der Waals surface area contributed by atoms with Gasteiger partial charge in [0.05, 0.1) is 23.1 Å². The number of hydrogen-bond donors (Lipinski definition) is 5. The molecule has 0 spiro atoms. The number of phenolic OH excluding ortho intramolecular Hbond substituents is 2. The summed E-state index contributed by atoms with van der Waals surface area (Å²) >= 11 is 6.00. The maximum Gasteiger partial charge on any atom is 0.314 e. The molecule has 2 rings (SSSR count). The highest BCUT2D eigenvalue weighted by atomic mass is 35.5. The first-order valence-electron chi connectivity index (χ1n) is 10.3. The van der Waals surface area contributed by atoms with Crippen LogP contribution in [0.1, 0.15) is 18.1 Å². The third-order valence-electron chi connectivity index (χ3n) is 5.11. The van der Waals surface area contributed by atoms with Gasteiger partial charge in [0.2, 0.25) is 17.6 Å². The van der Waals surface area contributed by atoms with E-state index >= 15 is 0 Å². The summed E-state index contributed by atoms with van der Waals surface area (Å²) in [6.45, 7) is 1.86. The molecule has 12 heteroatoms. The van der Waals surface area contributed by atoms with Gasteiger partial charge in [-0.1, -0.05) is 17.7 Å². The Hall–Kier alpha value is -3.57. The van der Waals surface area contributed by atoms with Crippen LogP contribution in [0.25, 0.3) is 0 Å². The molecular weight excluding hydrogens is 468 g/mol. The minimum Gasteiger partial charge on any atom is -0.504 e. The van der Waals surface area contributed by atoms with Crippen molar-refractivity contribution in [3.8, 4) is 17.2 Å². The van der Waals surface area contributed by atoms with E-state index in [2.05, 4.69) is 16.0 Å². The van der Waals surface area contributed by atoms with Crippen LogP contribution in [0.5, 0.6) is 17.2 Å². The third-order valence-corrected chi connectivity index (χ3v) is 5.42. The molecule has 34 heavy (non-hydrogen) atoms. The van der Waals surface area contributed by atoms with Crippen LogP contribution in [-0.2, 0) is 22.4 Å². The van der Waals surface area contributed by atoms with Crippen LogP contribution in [0, 0.1) is 10.1 Å². The van der Waals surface area contributed by atoms with E-state index in [0.29, 0.717) is 23.7 Å². The number of carbonyl (C=O) groups is 2. The van der Waals surface area contributed by atoms with Crippen LogP contribution in [0.4, 0.5) is 5.69 Å².